The lowest BCUT2D eigenvalue weighted by molar-refractivity contribution is 0.251. The van der Waals surface area contributed by atoms with Crippen LogP contribution in [0.1, 0.15) is 24.6 Å². The second-order valence-corrected chi connectivity index (χ2v) is 7.63. The molecular formula is C20H22FN5S. The molecule has 0 bridgehead atoms. The highest BCUT2D eigenvalue weighted by molar-refractivity contribution is 7.98. The van der Waals surface area contributed by atoms with Crippen LogP contribution in [-0.2, 0) is 0 Å². The summed E-state index contributed by atoms with van der Waals surface area (Å²) in [6.07, 6.45) is 5.87. The number of rotatable bonds is 4. The monoisotopic (exact) mass is 383 g/mol. The molecule has 0 radical (unpaired) electrons. The van der Waals surface area contributed by atoms with Gasteiger partial charge in [0.2, 0.25) is 0 Å². The first kappa shape index (κ1) is 18.1. The van der Waals surface area contributed by atoms with Crippen LogP contribution in [0.25, 0.3) is 22.6 Å². The maximum atomic E-state index is 13.4. The second kappa shape index (κ2) is 7.78. The molecule has 0 saturated carbocycles. The molecular weight excluding hydrogens is 361 g/mol. The summed E-state index contributed by atoms with van der Waals surface area (Å²) in [5, 5.41) is 0.716. The quantitative estimate of drug-likeness (QED) is 0.540. The van der Waals surface area contributed by atoms with Crippen LogP contribution in [0.4, 0.5) is 4.39 Å². The fraction of sp³-hybridized carbons (Fsp3) is 0.350. The molecule has 1 saturated heterocycles. The maximum absolute atomic E-state index is 13.4. The molecule has 4 rings (SSSR count). The lowest BCUT2D eigenvalue weighted by Gasteiger charge is -2.27. The number of thioether (sulfide) groups is 1. The lowest BCUT2D eigenvalue weighted by Crippen LogP contribution is -2.29. The second-order valence-electron chi connectivity index (χ2n) is 6.86. The summed E-state index contributed by atoms with van der Waals surface area (Å²) in [7, 11) is 2.15. The summed E-state index contributed by atoms with van der Waals surface area (Å²) in [6.45, 7) is 2.13. The van der Waals surface area contributed by atoms with Crippen molar-refractivity contribution in [2.75, 3.05) is 26.4 Å². The van der Waals surface area contributed by atoms with Gasteiger partial charge in [0.15, 0.2) is 5.16 Å². The zero-order valence-electron chi connectivity index (χ0n) is 15.4. The molecule has 0 amide bonds. The van der Waals surface area contributed by atoms with E-state index in [-0.39, 0.29) is 5.82 Å². The normalized spacial score (nSPS) is 16.0. The Labute approximate surface area is 162 Å². The van der Waals surface area contributed by atoms with E-state index in [1.54, 1.807) is 18.3 Å². The first-order valence-electron chi connectivity index (χ1n) is 9.06. The Bertz CT molecular complexity index is 916. The topological polar surface area (TPSA) is 57.7 Å². The largest absolute Gasteiger partial charge is 0.340 e. The number of piperidine rings is 1. The van der Waals surface area contributed by atoms with E-state index < -0.39 is 0 Å². The van der Waals surface area contributed by atoms with Gasteiger partial charge in [0, 0.05) is 17.7 Å². The van der Waals surface area contributed by atoms with Crippen molar-refractivity contribution < 1.29 is 4.39 Å². The predicted molar refractivity (Wildman–Crippen MR) is 106 cm³/mol. The smallest absolute Gasteiger partial charge is 0.187 e. The van der Waals surface area contributed by atoms with Crippen LogP contribution < -0.4 is 0 Å². The highest BCUT2D eigenvalue weighted by atomic mass is 32.2. The van der Waals surface area contributed by atoms with Crippen LogP contribution in [0, 0.1) is 5.82 Å². The maximum Gasteiger partial charge on any atom is 0.187 e. The zero-order valence-corrected chi connectivity index (χ0v) is 16.3. The Morgan fingerprint density at radius 3 is 2.56 bits per heavy atom. The number of imidazole rings is 1. The van der Waals surface area contributed by atoms with E-state index in [4.69, 9.17) is 4.98 Å². The van der Waals surface area contributed by atoms with E-state index in [0.717, 1.165) is 54.4 Å². The molecule has 1 fully saturated rings. The van der Waals surface area contributed by atoms with Crippen LogP contribution >= 0.6 is 11.8 Å². The van der Waals surface area contributed by atoms with Crippen molar-refractivity contribution in [2.24, 2.45) is 0 Å². The molecule has 3 aromatic rings. The number of nitrogens with zero attached hydrogens (tertiary/aromatic N) is 4. The standard InChI is InChI=1S/C20H22FN5S/c1-26-11-8-14(9-12-26)19-24-17(13-3-5-15(21)6-4-13)18(25-19)16-7-10-22-20(23-16)27-2/h3-7,10,14H,8-9,11-12H2,1-2H3,(H,24,25). The SMILES string of the molecule is CSc1nccc(-c2[nH]c(C3CCN(C)CC3)nc2-c2ccc(F)cc2)n1. The molecule has 1 N–H and O–H groups in total. The molecule has 3 heterocycles. The van der Waals surface area contributed by atoms with Crippen molar-refractivity contribution in [1.82, 2.24) is 24.8 Å². The minimum Gasteiger partial charge on any atom is -0.340 e. The molecule has 0 unspecified atom stereocenters. The number of aromatic amines is 1. The number of H-pyrrole nitrogens is 1. The van der Waals surface area contributed by atoms with Gasteiger partial charge in [-0.05, 0) is 69.6 Å². The van der Waals surface area contributed by atoms with Gasteiger partial charge in [0.05, 0.1) is 17.1 Å². The minimum absolute atomic E-state index is 0.252. The van der Waals surface area contributed by atoms with Crippen molar-refractivity contribution in [3.8, 4) is 22.6 Å². The summed E-state index contributed by atoms with van der Waals surface area (Å²) in [5.74, 6) is 1.14. The van der Waals surface area contributed by atoms with Crippen LogP contribution in [0.3, 0.4) is 0 Å². The average Bonchev–Trinajstić information content (AvgIpc) is 3.14. The Balaban J connectivity index is 1.78. The fourth-order valence-corrected chi connectivity index (χ4v) is 3.80. The number of halogens is 1. The summed E-state index contributed by atoms with van der Waals surface area (Å²) < 4.78 is 13.4. The molecule has 1 aliphatic rings. The van der Waals surface area contributed by atoms with E-state index in [0.29, 0.717) is 11.1 Å². The third kappa shape index (κ3) is 3.89. The van der Waals surface area contributed by atoms with Crippen molar-refractivity contribution in [3.63, 3.8) is 0 Å². The van der Waals surface area contributed by atoms with Crippen LogP contribution in [0.5, 0.6) is 0 Å². The number of nitrogens with one attached hydrogen (secondary N) is 1. The first-order valence-corrected chi connectivity index (χ1v) is 10.3. The molecule has 2 aromatic heterocycles. The van der Waals surface area contributed by atoms with Gasteiger partial charge in [-0.2, -0.15) is 0 Å². The summed E-state index contributed by atoms with van der Waals surface area (Å²) in [6, 6.07) is 8.36. The Kier molecular flexibility index (Phi) is 5.22. The molecule has 1 aromatic carbocycles. The number of aromatic nitrogens is 4. The molecule has 1 aliphatic heterocycles. The Morgan fingerprint density at radius 2 is 1.85 bits per heavy atom. The third-order valence-corrected chi connectivity index (χ3v) is 5.58. The van der Waals surface area contributed by atoms with Crippen LogP contribution in [0.15, 0.2) is 41.7 Å². The van der Waals surface area contributed by atoms with E-state index in [1.807, 2.05) is 12.3 Å². The van der Waals surface area contributed by atoms with Crippen LogP contribution in [0.2, 0.25) is 0 Å². The van der Waals surface area contributed by atoms with E-state index >= 15 is 0 Å². The number of likely N-dealkylation sites (tertiary alicyclic amines) is 1. The predicted octanol–water partition coefficient (Wildman–Crippen LogP) is 4.20. The molecule has 0 aliphatic carbocycles. The third-order valence-electron chi connectivity index (χ3n) is 5.02. The molecule has 140 valence electrons. The van der Waals surface area contributed by atoms with E-state index in [2.05, 4.69) is 26.9 Å². The van der Waals surface area contributed by atoms with Crippen molar-refractivity contribution in [2.45, 2.75) is 23.9 Å². The Morgan fingerprint density at radius 1 is 1.11 bits per heavy atom. The molecule has 5 nitrogen and oxygen atoms in total. The summed E-state index contributed by atoms with van der Waals surface area (Å²) in [4.78, 5) is 19.7. The van der Waals surface area contributed by atoms with Gasteiger partial charge in [0.25, 0.3) is 0 Å². The molecule has 7 heteroatoms. The highest BCUT2D eigenvalue weighted by Crippen LogP contribution is 2.34. The van der Waals surface area contributed by atoms with Gasteiger partial charge < -0.3 is 9.88 Å². The number of hydrogen-bond acceptors (Lipinski definition) is 5. The van der Waals surface area contributed by atoms with E-state index in [9.17, 15) is 4.39 Å². The van der Waals surface area contributed by atoms with Gasteiger partial charge in [-0.1, -0.05) is 11.8 Å². The Hall–Kier alpha value is -2.25. The highest BCUT2D eigenvalue weighted by Gasteiger charge is 2.24. The van der Waals surface area contributed by atoms with Gasteiger partial charge in [-0.25, -0.2) is 19.3 Å². The van der Waals surface area contributed by atoms with Gasteiger partial charge >= 0.3 is 0 Å². The minimum atomic E-state index is -0.252. The molecule has 0 atom stereocenters. The first-order chi connectivity index (χ1) is 13.1. The van der Waals surface area contributed by atoms with Crippen molar-refractivity contribution in [3.05, 3.63) is 48.2 Å². The molecule has 0 spiro atoms. The van der Waals surface area contributed by atoms with Crippen molar-refractivity contribution in [1.29, 1.82) is 0 Å². The van der Waals surface area contributed by atoms with E-state index in [1.165, 1.54) is 23.9 Å². The zero-order chi connectivity index (χ0) is 18.8. The van der Waals surface area contributed by atoms with Gasteiger partial charge in [-0.15, -0.1) is 0 Å². The molecule has 27 heavy (non-hydrogen) atoms. The van der Waals surface area contributed by atoms with Gasteiger partial charge in [-0.3, -0.25) is 0 Å². The summed E-state index contributed by atoms with van der Waals surface area (Å²) in [5.41, 5.74) is 3.37. The fourth-order valence-electron chi connectivity index (χ4n) is 3.45. The van der Waals surface area contributed by atoms with Gasteiger partial charge in [0.1, 0.15) is 11.6 Å². The lowest BCUT2D eigenvalue weighted by atomic mass is 9.96. The van der Waals surface area contributed by atoms with Crippen molar-refractivity contribution >= 4 is 11.8 Å². The number of benzene rings is 1. The average molecular weight is 383 g/mol. The number of hydrogen-bond donors (Lipinski definition) is 1. The summed E-state index contributed by atoms with van der Waals surface area (Å²) >= 11 is 1.50. The van der Waals surface area contributed by atoms with Crippen LogP contribution in [-0.4, -0.2) is 51.2 Å².